The highest BCUT2D eigenvalue weighted by Gasteiger charge is 2.40. The molecule has 0 spiro atoms. The van der Waals surface area contributed by atoms with Crippen molar-refractivity contribution < 1.29 is 20.4 Å². The molecule has 4 atom stereocenters. The molecule has 1 aliphatic rings. The minimum absolute atomic E-state index is 0.194. The van der Waals surface area contributed by atoms with Gasteiger partial charge in [0.25, 0.3) is 0 Å². The first-order valence-corrected chi connectivity index (χ1v) is 11.9. The number of aliphatic hydroxyl groups is 4. The molecule has 21 heavy (non-hydrogen) atoms. The molecule has 1 aliphatic heterocycles. The van der Waals surface area contributed by atoms with Crippen LogP contribution in [0.4, 0.5) is 0 Å². The number of nitrogens with zero attached hydrogens (tertiary/aromatic N) is 1. The standard InChI is InChI=1S/C15H33NO4Si/c1-21(2,3)9-7-5-4-6-8-16-10-13(18)15(20)14(19)12(16)11-17/h12-15,17-20H,4-11H2,1-3H3/t12-,13+,14-,15-/m1/s1. The molecule has 6 heteroatoms. The number of unbranched alkanes of at least 4 members (excludes halogenated alkanes) is 3. The molecule has 1 fully saturated rings. The van der Waals surface area contributed by atoms with Gasteiger partial charge in [0.05, 0.1) is 18.8 Å². The zero-order chi connectivity index (χ0) is 16.0. The number of likely N-dealkylation sites (tertiary alicyclic amines) is 1. The summed E-state index contributed by atoms with van der Waals surface area (Å²) in [6.07, 6.45) is 1.46. The number of hydrogen-bond acceptors (Lipinski definition) is 5. The second-order valence-corrected chi connectivity index (χ2v) is 13.1. The Labute approximate surface area is 129 Å². The third kappa shape index (κ3) is 6.34. The number of β-amino-alcohol motifs (C(OH)–C–C–N with tert-alkyl or cyclic N) is 1. The molecule has 1 heterocycles. The van der Waals surface area contributed by atoms with E-state index in [9.17, 15) is 20.4 Å². The summed E-state index contributed by atoms with van der Waals surface area (Å²) in [5.74, 6) is 0. The van der Waals surface area contributed by atoms with Crippen LogP contribution < -0.4 is 0 Å². The Hall–Kier alpha value is 0.0169. The molecule has 5 nitrogen and oxygen atoms in total. The summed E-state index contributed by atoms with van der Waals surface area (Å²) in [6, 6.07) is 0.893. The van der Waals surface area contributed by atoms with Gasteiger partial charge < -0.3 is 20.4 Å². The van der Waals surface area contributed by atoms with Gasteiger partial charge in [-0.3, -0.25) is 4.90 Å². The van der Waals surface area contributed by atoms with Crippen LogP contribution in [0.5, 0.6) is 0 Å². The molecule has 126 valence electrons. The fourth-order valence-electron chi connectivity index (χ4n) is 2.96. The van der Waals surface area contributed by atoms with Crippen LogP contribution in [0.2, 0.25) is 25.7 Å². The maximum atomic E-state index is 9.90. The van der Waals surface area contributed by atoms with E-state index in [-0.39, 0.29) is 6.61 Å². The predicted molar refractivity (Wildman–Crippen MR) is 87.1 cm³/mol. The third-order valence-electron chi connectivity index (χ3n) is 4.34. The summed E-state index contributed by atoms with van der Waals surface area (Å²) in [7, 11) is -0.930. The quantitative estimate of drug-likeness (QED) is 0.390. The second kappa shape index (κ2) is 8.60. The van der Waals surface area contributed by atoms with Crippen LogP contribution in [0.3, 0.4) is 0 Å². The van der Waals surface area contributed by atoms with Crippen molar-refractivity contribution >= 4 is 8.07 Å². The van der Waals surface area contributed by atoms with Crippen molar-refractivity contribution in [2.24, 2.45) is 0 Å². The van der Waals surface area contributed by atoms with Crippen molar-refractivity contribution in [2.75, 3.05) is 19.7 Å². The van der Waals surface area contributed by atoms with Gasteiger partial charge in [0, 0.05) is 14.6 Å². The Morgan fingerprint density at radius 2 is 1.57 bits per heavy atom. The van der Waals surface area contributed by atoms with Gasteiger partial charge in [-0.15, -0.1) is 0 Å². The van der Waals surface area contributed by atoms with Crippen LogP contribution in [0.1, 0.15) is 25.7 Å². The second-order valence-electron chi connectivity index (χ2n) is 7.52. The lowest BCUT2D eigenvalue weighted by molar-refractivity contribution is -0.145. The van der Waals surface area contributed by atoms with Crippen LogP contribution >= 0.6 is 0 Å². The Balaban J connectivity index is 2.27. The summed E-state index contributed by atoms with van der Waals surface area (Å²) in [4.78, 5) is 1.90. The SMILES string of the molecule is C[Si](C)(C)CCCCCCN1C[C@H](O)[C@@H](O)[C@H](O)[C@H]1CO. The highest BCUT2D eigenvalue weighted by atomic mass is 28.3. The zero-order valence-corrected chi connectivity index (χ0v) is 14.7. The van der Waals surface area contributed by atoms with Crippen LogP contribution in [-0.2, 0) is 0 Å². The van der Waals surface area contributed by atoms with Gasteiger partial charge in [-0.05, 0) is 13.0 Å². The fourth-order valence-corrected chi connectivity index (χ4v) is 4.27. The first-order valence-electron chi connectivity index (χ1n) is 8.15. The van der Waals surface area contributed by atoms with E-state index in [2.05, 4.69) is 19.6 Å². The van der Waals surface area contributed by atoms with Crippen LogP contribution in [0.25, 0.3) is 0 Å². The monoisotopic (exact) mass is 319 g/mol. The van der Waals surface area contributed by atoms with Crippen molar-refractivity contribution in [1.82, 2.24) is 4.90 Å². The number of rotatable bonds is 8. The molecule has 0 bridgehead atoms. The van der Waals surface area contributed by atoms with Crippen LogP contribution in [-0.4, -0.2) is 77.5 Å². The first-order chi connectivity index (χ1) is 9.76. The van der Waals surface area contributed by atoms with E-state index in [0.29, 0.717) is 6.54 Å². The fraction of sp³-hybridized carbons (Fsp3) is 1.00. The zero-order valence-electron chi connectivity index (χ0n) is 13.7. The first kappa shape index (κ1) is 19.1. The van der Waals surface area contributed by atoms with Crippen molar-refractivity contribution in [3.63, 3.8) is 0 Å². The van der Waals surface area contributed by atoms with E-state index in [4.69, 9.17) is 0 Å². The van der Waals surface area contributed by atoms with Crippen molar-refractivity contribution in [1.29, 1.82) is 0 Å². The molecule has 0 amide bonds. The Bertz CT molecular complexity index is 298. The van der Waals surface area contributed by atoms with Crippen LogP contribution in [0.15, 0.2) is 0 Å². The Morgan fingerprint density at radius 3 is 2.14 bits per heavy atom. The highest BCUT2D eigenvalue weighted by molar-refractivity contribution is 6.76. The predicted octanol–water partition coefficient (Wildman–Crippen LogP) is 0.644. The normalized spacial score (nSPS) is 31.6. The minimum atomic E-state index is -1.16. The summed E-state index contributed by atoms with van der Waals surface area (Å²) in [5.41, 5.74) is 0. The van der Waals surface area contributed by atoms with Gasteiger partial charge in [-0.25, -0.2) is 0 Å². The summed E-state index contributed by atoms with van der Waals surface area (Å²) < 4.78 is 0. The highest BCUT2D eigenvalue weighted by Crippen LogP contribution is 2.20. The van der Waals surface area contributed by atoms with Gasteiger partial charge >= 0.3 is 0 Å². The minimum Gasteiger partial charge on any atom is -0.395 e. The number of piperidine rings is 1. The van der Waals surface area contributed by atoms with E-state index >= 15 is 0 Å². The maximum absolute atomic E-state index is 9.90. The van der Waals surface area contributed by atoms with Gasteiger partial charge in [-0.1, -0.05) is 44.9 Å². The molecule has 4 N–H and O–H groups in total. The number of hydrogen-bond donors (Lipinski definition) is 4. The van der Waals surface area contributed by atoms with Crippen molar-refractivity contribution in [3.8, 4) is 0 Å². The Morgan fingerprint density at radius 1 is 0.952 bits per heavy atom. The molecular formula is C15H33NO4Si. The molecule has 0 aromatic rings. The van der Waals surface area contributed by atoms with E-state index in [1.165, 1.54) is 18.9 Å². The summed E-state index contributed by atoms with van der Waals surface area (Å²) in [5, 5.41) is 38.7. The van der Waals surface area contributed by atoms with Crippen molar-refractivity contribution in [2.45, 2.75) is 75.7 Å². The average Bonchev–Trinajstić information content (AvgIpc) is 2.39. The molecule has 0 aromatic heterocycles. The summed E-state index contributed by atoms with van der Waals surface area (Å²) in [6.45, 7) is 8.04. The van der Waals surface area contributed by atoms with Gasteiger partial charge in [-0.2, -0.15) is 0 Å². The van der Waals surface area contributed by atoms with E-state index in [1.54, 1.807) is 0 Å². The third-order valence-corrected chi connectivity index (χ3v) is 6.19. The molecule has 0 saturated carbocycles. The number of aliphatic hydroxyl groups excluding tert-OH is 4. The van der Waals surface area contributed by atoms with E-state index in [0.717, 1.165) is 19.4 Å². The lowest BCUT2D eigenvalue weighted by Crippen LogP contribution is -2.62. The lowest BCUT2D eigenvalue weighted by atomic mass is 9.94. The molecule has 1 saturated heterocycles. The lowest BCUT2D eigenvalue weighted by Gasteiger charge is -2.43. The summed E-state index contributed by atoms with van der Waals surface area (Å²) >= 11 is 0. The molecule has 0 unspecified atom stereocenters. The average molecular weight is 320 g/mol. The topological polar surface area (TPSA) is 84.2 Å². The molecule has 0 aromatic carbocycles. The van der Waals surface area contributed by atoms with Gasteiger partial charge in [0.2, 0.25) is 0 Å². The van der Waals surface area contributed by atoms with Gasteiger partial charge in [0.15, 0.2) is 0 Å². The maximum Gasteiger partial charge on any atom is 0.109 e. The van der Waals surface area contributed by atoms with Crippen LogP contribution in [0, 0.1) is 0 Å². The molecule has 0 aliphatic carbocycles. The van der Waals surface area contributed by atoms with Crippen molar-refractivity contribution in [3.05, 3.63) is 0 Å². The van der Waals surface area contributed by atoms with E-state index in [1.807, 2.05) is 4.90 Å². The Kier molecular flexibility index (Phi) is 7.81. The molecular weight excluding hydrogens is 286 g/mol. The van der Waals surface area contributed by atoms with Gasteiger partial charge in [0.1, 0.15) is 12.2 Å². The molecule has 1 rings (SSSR count). The van der Waals surface area contributed by atoms with E-state index < -0.39 is 32.4 Å². The molecule has 0 radical (unpaired) electrons. The smallest absolute Gasteiger partial charge is 0.109 e. The largest absolute Gasteiger partial charge is 0.395 e.